The van der Waals surface area contributed by atoms with Crippen LogP contribution in [0.4, 0.5) is 18.9 Å². The summed E-state index contributed by atoms with van der Waals surface area (Å²) in [6.07, 6.45) is -2.69. The maximum absolute atomic E-state index is 12.8. The van der Waals surface area contributed by atoms with Gasteiger partial charge in [-0.25, -0.2) is 9.64 Å². The molecule has 2 aromatic rings. The third-order valence-electron chi connectivity index (χ3n) is 3.59. The van der Waals surface area contributed by atoms with E-state index >= 15 is 0 Å². The van der Waals surface area contributed by atoms with E-state index in [1.165, 1.54) is 23.9 Å². The molecule has 1 aromatic carbocycles. The maximum atomic E-state index is 12.8. The van der Waals surface area contributed by atoms with Gasteiger partial charge < -0.3 is 9.30 Å². The molecule has 132 valence electrons. The summed E-state index contributed by atoms with van der Waals surface area (Å²) in [6.45, 7) is 9.25. The lowest BCUT2D eigenvalue weighted by molar-refractivity contribution is -0.137. The van der Waals surface area contributed by atoms with Crippen molar-refractivity contribution in [2.24, 2.45) is 7.05 Å². The molecule has 0 fully saturated rings. The second-order valence-electron chi connectivity index (χ2n) is 5.05. The number of ether oxygens (including phenoxy) is 1. The fraction of sp³-hybridized carbons (Fsp3) is 0.294. The lowest BCUT2D eigenvalue weighted by Gasteiger charge is -2.10. The molecular weight excluding hydrogens is 353 g/mol. The van der Waals surface area contributed by atoms with Crippen molar-refractivity contribution >= 4 is 23.4 Å². The monoisotopic (exact) mass is 368 g/mol. The number of hydrogen-bond donors (Lipinski definition) is 0. The topological polar surface area (TPSA) is 35.6 Å². The number of halogens is 3. The number of carbonyl (C=O) groups is 1. The van der Waals surface area contributed by atoms with Gasteiger partial charge in [-0.05, 0) is 30.9 Å². The average Bonchev–Trinajstić information content (AvgIpc) is 2.86. The Kier molecular flexibility index (Phi) is 5.48. The Hall–Kier alpha value is -2.40. The first-order chi connectivity index (χ1) is 11.8. The average molecular weight is 368 g/mol. The van der Waals surface area contributed by atoms with E-state index in [0.717, 1.165) is 12.1 Å². The first-order valence-electron chi connectivity index (χ1n) is 7.25. The summed E-state index contributed by atoms with van der Waals surface area (Å²) in [4.78, 5) is 15.8. The zero-order chi connectivity index (χ0) is 18.8. The number of esters is 1. The fourth-order valence-corrected chi connectivity index (χ4v) is 3.23. The van der Waals surface area contributed by atoms with Crippen molar-refractivity contribution in [3.63, 3.8) is 0 Å². The van der Waals surface area contributed by atoms with Crippen LogP contribution in [0.25, 0.3) is 16.0 Å². The molecule has 8 heteroatoms. The number of aromatic nitrogens is 1. The van der Waals surface area contributed by atoms with Gasteiger partial charge in [0.1, 0.15) is 5.69 Å². The SMILES string of the molecule is [C-]#[N+]c1c(-c2ccc(C(F)(F)F)cc2)c(C(=O)OCC)n(C)c1SC. The molecule has 4 nitrogen and oxygen atoms in total. The summed E-state index contributed by atoms with van der Waals surface area (Å²) in [5.74, 6) is -0.620. The summed E-state index contributed by atoms with van der Waals surface area (Å²) in [6, 6.07) is 4.40. The molecule has 0 spiro atoms. The van der Waals surface area contributed by atoms with E-state index < -0.39 is 17.7 Å². The smallest absolute Gasteiger partial charge is 0.416 e. The van der Waals surface area contributed by atoms with Gasteiger partial charge in [0.2, 0.25) is 5.69 Å². The molecule has 0 aliphatic heterocycles. The van der Waals surface area contributed by atoms with Crippen molar-refractivity contribution < 1.29 is 22.7 Å². The second-order valence-corrected chi connectivity index (χ2v) is 5.84. The van der Waals surface area contributed by atoms with Gasteiger partial charge in [-0.2, -0.15) is 13.2 Å². The Balaban J connectivity index is 2.71. The maximum Gasteiger partial charge on any atom is 0.416 e. The quantitative estimate of drug-likeness (QED) is 0.425. The van der Waals surface area contributed by atoms with Crippen molar-refractivity contribution in [1.82, 2.24) is 4.57 Å². The highest BCUT2D eigenvalue weighted by molar-refractivity contribution is 7.98. The van der Waals surface area contributed by atoms with E-state index in [4.69, 9.17) is 11.3 Å². The summed E-state index contributed by atoms with van der Waals surface area (Å²) < 4.78 is 44.9. The molecule has 1 aromatic heterocycles. The molecule has 1 heterocycles. The molecule has 0 radical (unpaired) electrons. The number of rotatable bonds is 4. The van der Waals surface area contributed by atoms with Crippen molar-refractivity contribution in [3.05, 3.63) is 46.9 Å². The van der Waals surface area contributed by atoms with E-state index in [0.29, 0.717) is 10.6 Å². The largest absolute Gasteiger partial charge is 0.461 e. The molecule has 0 aliphatic carbocycles. The number of thioether (sulfide) groups is 1. The fourth-order valence-electron chi connectivity index (χ4n) is 2.52. The summed E-state index contributed by atoms with van der Waals surface area (Å²) >= 11 is 1.28. The van der Waals surface area contributed by atoms with Crippen LogP contribution in [0.2, 0.25) is 0 Å². The predicted octanol–water partition coefficient (Wildman–Crippen LogP) is 5.16. The molecule has 0 atom stereocenters. The van der Waals surface area contributed by atoms with E-state index in [1.54, 1.807) is 24.8 Å². The Morgan fingerprint density at radius 3 is 2.36 bits per heavy atom. The zero-order valence-electron chi connectivity index (χ0n) is 13.8. The molecular formula is C17H15F3N2O2S. The van der Waals surface area contributed by atoms with E-state index in [1.807, 2.05) is 0 Å². The lowest BCUT2D eigenvalue weighted by Crippen LogP contribution is -2.11. The van der Waals surface area contributed by atoms with E-state index in [9.17, 15) is 18.0 Å². The van der Waals surface area contributed by atoms with Crippen molar-refractivity contribution in [2.75, 3.05) is 12.9 Å². The minimum absolute atomic E-state index is 0.150. The summed E-state index contributed by atoms with van der Waals surface area (Å²) in [7, 11) is 1.63. The molecule has 0 N–H and O–H groups in total. The van der Waals surface area contributed by atoms with Crippen LogP contribution in [0.15, 0.2) is 29.3 Å². The van der Waals surface area contributed by atoms with Gasteiger partial charge in [0, 0.05) is 12.6 Å². The third kappa shape index (κ3) is 3.51. The van der Waals surface area contributed by atoms with Crippen LogP contribution in [0.5, 0.6) is 0 Å². The number of hydrogen-bond acceptors (Lipinski definition) is 3. The minimum Gasteiger partial charge on any atom is -0.461 e. The standard InChI is InChI=1S/C17H15F3N2O2S/c1-5-24-16(23)14-12(13(21-2)15(25-4)22(14)3)10-6-8-11(9-7-10)17(18,19)20/h6-9H,5H2,1,3-4H3. The number of alkyl halides is 3. The number of carbonyl (C=O) groups excluding carboxylic acids is 1. The van der Waals surface area contributed by atoms with Crippen LogP contribution in [0.1, 0.15) is 23.0 Å². The Labute approximate surface area is 147 Å². The lowest BCUT2D eigenvalue weighted by atomic mass is 10.0. The van der Waals surface area contributed by atoms with Crippen LogP contribution in [0.3, 0.4) is 0 Å². The van der Waals surface area contributed by atoms with Gasteiger partial charge in [-0.15, -0.1) is 11.8 Å². The van der Waals surface area contributed by atoms with Crippen LogP contribution in [0, 0.1) is 6.57 Å². The highest BCUT2D eigenvalue weighted by atomic mass is 32.2. The zero-order valence-corrected chi connectivity index (χ0v) is 14.6. The molecule has 2 rings (SSSR count). The first kappa shape index (κ1) is 18.9. The molecule has 0 aliphatic rings. The molecule has 0 saturated heterocycles. The highest BCUT2D eigenvalue weighted by Crippen LogP contribution is 2.43. The number of nitrogens with zero attached hydrogens (tertiary/aromatic N) is 2. The van der Waals surface area contributed by atoms with Crippen molar-refractivity contribution in [2.45, 2.75) is 18.1 Å². The Morgan fingerprint density at radius 2 is 1.92 bits per heavy atom. The normalized spacial score (nSPS) is 11.2. The Bertz CT molecular complexity index is 834. The first-order valence-corrected chi connectivity index (χ1v) is 8.47. The number of benzene rings is 1. The predicted molar refractivity (Wildman–Crippen MR) is 89.9 cm³/mol. The summed E-state index contributed by atoms with van der Waals surface area (Å²) in [5.41, 5.74) is 0.223. The van der Waals surface area contributed by atoms with E-state index in [2.05, 4.69) is 4.85 Å². The van der Waals surface area contributed by atoms with Gasteiger partial charge in [0.15, 0.2) is 0 Å². The Morgan fingerprint density at radius 1 is 1.32 bits per heavy atom. The molecule has 0 amide bonds. The summed E-state index contributed by atoms with van der Waals surface area (Å²) in [5, 5.41) is 0.549. The van der Waals surface area contributed by atoms with Crippen LogP contribution < -0.4 is 0 Å². The van der Waals surface area contributed by atoms with Crippen LogP contribution in [-0.2, 0) is 18.0 Å². The van der Waals surface area contributed by atoms with Gasteiger partial charge in [-0.3, -0.25) is 0 Å². The molecule has 0 bridgehead atoms. The molecule has 25 heavy (non-hydrogen) atoms. The third-order valence-corrected chi connectivity index (χ3v) is 4.44. The van der Waals surface area contributed by atoms with Crippen molar-refractivity contribution in [3.8, 4) is 11.1 Å². The highest BCUT2D eigenvalue weighted by Gasteiger charge is 2.31. The van der Waals surface area contributed by atoms with Gasteiger partial charge in [0.25, 0.3) is 0 Å². The van der Waals surface area contributed by atoms with E-state index in [-0.39, 0.29) is 23.6 Å². The minimum atomic E-state index is -4.45. The van der Waals surface area contributed by atoms with Crippen LogP contribution >= 0.6 is 11.8 Å². The van der Waals surface area contributed by atoms with Crippen LogP contribution in [-0.4, -0.2) is 23.4 Å². The second kappa shape index (κ2) is 7.23. The molecule has 0 saturated carbocycles. The molecule has 0 unspecified atom stereocenters. The van der Waals surface area contributed by atoms with Gasteiger partial charge in [-0.1, -0.05) is 12.1 Å². The van der Waals surface area contributed by atoms with Gasteiger partial charge in [0.05, 0.1) is 23.8 Å². The van der Waals surface area contributed by atoms with Gasteiger partial charge >= 0.3 is 12.1 Å². The van der Waals surface area contributed by atoms with Crippen molar-refractivity contribution in [1.29, 1.82) is 0 Å².